The Morgan fingerprint density at radius 2 is 2.27 bits per heavy atom. The monoisotopic (exact) mass is 158 g/mol. The molecule has 1 aliphatic heterocycles. The van der Waals surface area contributed by atoms with Gasteiger partial charge in [-0.15, -0.1) is 0 Å². The predicted molar refractivity (Wildman–Crippen MR) is 44.4 cm³/mol. The predicted octanol–water partition coefficient (Wildman–Crippen LogP) is 2.19. The second-order valence-corrected chi connectivity index (χ2v) is 3.52. The van der Waals surface area contributed by atoms with E-state index in [0.29, 0.717) is 5.92 Å². The highest BCUT2D eigenvalue weighted by atomic mass is 16.7. The normalized spacial score (nSPS) is 25.9. The molecule has 1 rings (SSSR count). The van der Waals surface area contributed by atoms with Crippen molar-refractivity contribution in [2.75, 3.05) is 13.2 Å². The molecule has 1 saturated heterocycles. The van der Waals surface area contributed by atoms with Gasteiger partial charge in [0.05, 0.1) is 6.61 Å². The maximum absolute atomic E-state index is 5.52. The second-order valence-electron chi connectivity index (χ2n) is 3.52. The van der Waals surface area contributed by atoms with Crippen LogP contribution in [-0.2, 0) is 9.47 Å². The minimum Gasteiger partial charge on any atom is -0.353 e. The van der Waals surface area contributed by atoms with Crippen LogP contribution in [0.4, 0.5) is 0 Å². The van der Waals surface area contributed by atoms with Crippen LogP contribution in [0.2, 0.25) is 0 Å². The quantitative estimate of drug-likeness (QED) is 0.626. The maximum atomic E-state index is 5.52. The van der Waals surface area contributed by atoms with Crippen molar-refractivity contribution in [1.29, 1.82) is 0 Å². The molecule has 66 valence electrons. The van der Waals surface area contributed by atoms with Crippen LogP contribution >= 0.6 is 0 Å². The van der Waals surface area contributed by atoms with Gasteiger partial charge in [0.15, 0.2) is 6.29 Å². The molecule has 0 aliphatic carbocycles. The van der Waals surface area contributed by atoms with Crippen LogP contribution in [0.15, 0.2) is 0 Å². The summed E-state index contributed by atoms with van der Waals surface area (Å²) in [6.07, 6.45) is 3.61. The van der Waals surface area contributed by atoms with E-state index in [2.05, 4.69) is 13.8 Å². The van der Waals surface area contributed by atoms with Crippen LogP contribution in [-0.4, -0.2) is 19.5 Å². The van der Waals surface area contributed by atoms with E-state index in [-0.39, 0.29) is 6.29 Å². The molecule has 1 fully saturated rings. The molecule has 0 aromatic carbocycles. The third-order valence-corrected chi connectivity index (χ3v) is 1.75. The van der Waals surface area contributed by atoms with E-state index >= 15 is 0 Å². The van der Waals surface area contributed by atoms with Gasteiger partial charge in [-0.1, -0.05) is 13.8 Å². The Bertz CT molecular complexity index is 95.7. The molecule has 0 saturated carbocycles. The molecule has 2 nitrogen and oxygen atoms in total. The average molecular weight is 158 g/mol. The van der Waals surface area contributed by atoms with Gasteiger partial charge in [0.1, 0.15) is 0 Å². The van der Waals surface area contributed by atoms with Gasteiger partial charge in [-0.25, -0.2) is 0 Å². The van der Waals surface area contributed by atoms with Gasteiger partial charge >= 0.3 is 0 Å². The summed E-state index contributed by atoms with van der Waals surface area (Å²) in [4.78, 5) is 0. The lowest BCUT2D eigenvalue weighted by atomic mass is 10.2. The molecule has 0 bridgehead atoms. The summed E-state index contributed by atoms with van der Waals surface area (Å²) in [5.41, 5.74) is 0. The standard InChI is InChI=1S/C9H18O2/c1-8(2)7-11-9-5-3-4-6-10-9/h8-9H,3-7H2,1-2H3/t9-/m1/s1. The van der Waals surface area contributed by atoms with Gasteiger partial charge in [-0.3, -0.25) is 0 Å². The fourth-order valence-corrected chi connectivity index (χ4v) is 1.14. The zero-order valence-electron chi connectivity index (χ0n) is 7.51. The van der Waals surface area contributed by atoms with Crippen molar-refractivity contribution in [2.24, 2.45) is 5.92 Å². The van der Waals surface area contributed by atoms with Gasteiger partial charge in [-0.05, 0) is 25.2 Å². The van der Waals surface area contributed by atoms with Crippen molar-refractivity contribution in [3.63, 3.8) is 0 Å². The first-order chi connectivity index (χ1) is 5.29. The summed E-state index contributed by atoms with van der Waals surface area (Å²) < 4.78 is 10.9. The third kappa shape index (κ3) is 3.73. The van der Waals surface area contributed by atoms with Crippen molar-refractivity contribution < 1.29 is 9.47 Å². The van der Waals surface area contributed by atoms with Gasteiger partial charge in [0, 0.05) is 6.61 Å². The van der Waals surface area contributed by atoms with Crippen LogP contribution < -0.4 is 0 Å². The van der Waals surface area contributed by atoms with Crippen LogP contribution in [0.3, 0.4) is 0 Å². The maximum Gasteiger partial charge on any atom is 0.157 e. The van der Waals surface area contributed by atoms with Crippen molar-refractivity contribution in [3.8, 4) is 0 Å². The number of hydrogen-bond acceptors (Lipinski definition) is 2. The van der Waals surface area contributed by atoms with E-state index < -0.39 is 0 Å². The number of ether oxygens (including phenoxy) is 2. The molecular weight excluding hydrogens is 140 g/mol. The van der Waals surface area contributed by atoms with Crippen molar-refractivity contribution >= 4 is 0 Å². The zero-order valence-corrected chi connectivity index (χ0v) is 7.51. The summed E-state index contributed by atoms with van der Waals surface area (Å²) in [6, 6.07) is 0. The highest BCUT2D eigenvalue weighted by Gasteiger charge is 2.13. The van der Waals surface area contributed by atoms with E-state index in [1.807, 2.05) is 0 Å². The lowest BCUT2D eigenvalue weighted by Crippen LogP contribution is -2.23. The summed E-state index contributed by atoms with van der Waals surface area (Å²) in [7, 11) is 0. The molecule has 0 N–H and O–H groups in total. The van der Waals surface area contributed by atoms with Crippen LogP contribution in [0.25, 0.3) is 0 Å². The fraction of sp³-hybridized carbons (Fsp3) is 1.00. The lowest BCUT2D eigenvalue weighted by molar-refractivity contribution is -0.167. The first-order valence-electron chi connectivity index (χ1n) is 4.52. The minimum atomic E-state index is 0.0890. The highest BCUT2D eigenvalue weighted by molar-refractivity contribution is 4.54. The van der Waals surface area contributed by atoms with Crippen molar-refractivity contribution in [2.45, 2.75) is 39.4 Å². The Hall–Kier alpha value is -0.0800. The second kappa shape index (κ2) is 4.73. The largest absolute Gasteiger partial charge is 0.353 e. The first-order valence-corrected chi connectivity index (χ1v) is 4.52. The Morgan fingerprint density at radius 1 is 1.45 bits per heavy atom. The molecule has 11 heavy (non-hydrogen) atoms. The molecule has 0 aromatic heterocycles. The Labute approximate surface area is 68.9 Å². The highest BCUT2D eigenvalue weighted by Crippen LogP contribution is 2.14. The molecule has 0 unspecified atom stereocenters. The van der Waals surface area contributed by atoms with Gasteiger partial charge < -0.3 is 9.47 Å². The van der Waals surface area contributed by atoms with E-state index in [1.54, 1.807) is 0 Å². The molecule has 2 heteroatoms. The molecular formula is C9H18O2. The van der Waals surface area contributed by atoms with Crippen molar-refractivity contribution in [3.05, 3.63) is 0 Å². The summed E-state index contributed by atoms with van der Waals surface area (Å²) >= 11 is 0. The number of hydrogen-bond donors (Lipinski definition) is 0. The Balaban J connectivity index is 2.05. The van der Waals surface area contributed by atoms with Crippen LogP contribution in [0.1, 0.15) is 33.1 Å². The van der Waals surface area contributed by atoms with Crippen LogP contribution in [0.5, 0.6) is 0 Å². The SMILES string of the molecule is CC(C)CO[C@@H]1CCCCO1. The fourth-order valence-electron chi connectivity index (χ4n) is 1.14. The molecule has 0 radical (unpaired) electrons. The van der Waals surface area contributed by atoms with Crippen LogP contribution in [0, 0.1) is 5.92 Å². The Morgan fingerprint density at radius 3 is 2.82 bits per heavy atom. The number of rotatable bonds is 3. The van der Waals surface area contributed by atoms with Gasteiger partial charge in [-0.2, -0.15) is 0 Å². The summed E-state index contributed by atoms with van der Waals surface area (Å²) in [6.45, 7) is 6.01. The Kier molecular flexibility index (Phi) is 3.87. The minimum absolute atomic E-state index is 0.0890. The molecule has 0 spiro atoms. The van der Waals surface area contributed by atoms with Crippen molar-refractivity contribution in [1.82, 2.24) is 0 Å². The first kappa shape index (κ1) is 9.01. The third-order valence-electron chi connectivity index (χ3n) is 1.75. The van der Waals surface area contributed by atoms with E-state index in [4.69, 9.17) is 9.47 Å². The zero-order chi connectivity index (χ0) is 8.10. The topological polar surface area (TPSA) is 18.5 Å². The van der Waals surface area contributed by atoms with E-state index in [0.717, 1.165) is 19.6 Å². The molecule has 0 amide bonds. The van der Waals surface area contributed by atoms with Gasteiger partial charge in [0.25, 0.3) is 0 Å². The lowest BCUT2D eigenvalue weighted by Gasteiger charge is -2.23. The van der Waals surface area contributed by atoms with Gasteiger partial charge in [0.2, 0.25) is 0 Å². The smallest absolute Gasteiger partial charge is 0.157 e. The average Bonchev–Trinajstić information content (AvgIpc) is 2.03. The van der Waals surface area contributed by atoms with E-state index in [1.165, 1.54) is 12.8 Å². The molecule has 1 heterocycles. The molecule has 1 aliphatic rings. The summed E-state index contributed by atoms with van der Waals surface area (Å²) in [5.74, 6) is 0.612. The molecule has 1 atom stereocenters. The molecule has 0 aromatic rings. The van der Waals surface area contributed by atoms with E-state index in [9.17, 15) is 0 Å². The summed E-state index contributed by atoms with van der Waals surface area (Å²) in [5, 5.41) is 0.